The topological polar surface area (TPSA) is 65.7 Å². The number of hydrogen-bond donors (Lipinski definition) is 0. The van der Waals surface area contributed by atoms with E-state index in [0.717, 1.165) is 16.7 Å². The zero-order valence-corrected chi connectivity index (χ0v) is 17.6. The fraction of sp³-hybridized carbons (Fsp3) is 0.304. The molecule has 0 saturated carbocycles. The normalized spacial score (nSPS) is 11.1. The van der Waals surface area contributed by atoms with Gasteiger partial charge in [-0.1, -0.05) is 37.6 Å². The number of rotatable bonds is 6. The molecule has 2 aromatic carbocycles. The van der Waals surface area contributed by atoms with E-state index in [0.29, 0.717) is 27.3 Å². The first-order chi connectivity index (χ1) is 13.7. The second kappa shape index (κ2) is 8.70. The summed E-state index contributed by atoms with van der Waals surface area (Å²) in [5.74, 6) is 0.413. The molecule has 0 aliphatic carbocycles. The quantitative estimate of drug-likeness (QED) is 0.404. The van der Waals surface area contributed by atoms with Gasteiger partial charge in [-0.3, -0.25) is 0 Å². The Labute approximate surface area is 174 Å². The van der Waals surface area contributed by atoms with Crippen LogP contribution in [0.4, 0.5) is 0 Å². The Morgan fingerprint density at radius 1 is 1.14 bits per heavy atom. The van der Waals surface area contributed by atoms with Gasteiger partial charge < -0.3 is 13.9 Å². The Hall–Kier alpha value is -2.79. The van der Waals surface area contributed by atoms with E-state index < -0.39 is 11.6 Å². The summed E-state index contributed by atoms with van der Waals surface area (Å²) in [4.78, 5) is 24.0. The minimum absolute atomic E-state index is 0.0749. The van der Waals surface area contributed by atoms with Crippen molar-refractivity contribution in [1.82, 2.24) is 0 Å². The number of fused-ring (bicyclic) bond motifs is 1. The summed E-state index contributed by atoms with van der Waals surface area (Å²) in [5.41, 5.74) is 3.30. The Bertz CT molecular complexity index is 1110. The number of ether oxygens (including phenoxy) is 2. The van der Waals surface area contributed by atoms with Gasteiger partial charge in [0.05, 0.1) is 0 Å². The third kappa shape index (κ3) is 4.98. The van der Waals surface area contributed by atoms with Crippen molar-refractivity contribution in [3.05, 3.63) is 74.1 Å². The number of benzene rings is 2. The molecule has 0 radical (unpaired) electrons. The Kier molecular flexibility index (Phi) is 6.28. The molecule has 152 valence electrons. The highest BCUT2D eigenvalue weighted by molar-refractivity contribution is 6.32. The van der Waals surface area contributed by atoms with Gasteiger partial charge in [0.2, 0.25) is 0 Å². The molecule has 0 bridgehead atoms. The molecular weight excluding hydrogens is 392 g/mol. The maximum atomic E-state index is 12.2. The monoisotopic (exact) mass is 414 g/mol. The van der Waals surface area contributed by atoms with Gasteiger partial charge in [-0.15, -0.1) is 0 Å². The van der Waals surface area contributed by atoms with Gasteiger partial charge in [-0.25, -0.2) is 9.59 Å². The summed E-state index contributed by atoms with van der Waals surface area (Å²) < 4.78 is 16.2. The molecule has 0 saturated heterocycles. The van der Waals surface area contributed by atoms with E-state index in [1.54, 1.807) is 12.1 Å². The Morgan fingerprint density at radius 3 is 2.62 bits per heavy atom. The molecule has 1 heterocycles. The molecule has 0 aliphatic heterocycles. The predicted octanol–water partition coefficient (Wildman–Crippen LogP) is 5.31. The van der Waals surface area contributed by atoms with E-state index in [4.69, 9.17) is 25.5 Å². The van der Waals surface area contributed by atoms with Crippen LogP contribution < -0.4 is 10.4 Å². The molecule has 0 amide bonds. The number of hydrogen-bond acceptors (Lipinski definition) is 5. The van der Waals surface area contributed by atoms with E-state index in [2.05, 4.69) is 13.8 Å². The number of halogens is 1. The van der Waals surface area contributed by atoms with Gasteiger partial charge >= 0.3 is 11.6 Å². The van der Waals surface area contributed by atoms with Crippen molar-refractivity contribution in [2.75, 3.05) is 6.61 Å². The molecule has 29 heavy (non-hydrogen) atoms. The summed E-state index contributed by atoms with van der Waals surface area (Å²) >= 11 is 6.19. The van der Waals surface area contributed by atoms with Gasteiger partial charge in [0.15, 0.2) is 6.61 Å². The van der Waals surface area contributed by atoms with Crippen LogP contribution in [0.25, 0.3) is 11.0 Å². The number of carbonyl (C=O) groups is 1. The van der Waals surface area contributed by atoms with Gasteiger partial charge in [0, 0.05) is 22.0 Å². The number of esters is 1. The molecule has 0 spiro atoms. The van der Waals surface area contributed by atoms with Gasteiger partial charge in [0.25, 0.3) is 0 Å². The molecule has 0 aliphatic rings. The van der Waals surface area contributed by atoms with Crippen LogP contribution in [0.15, 0.2) is 45.6 Å². The highest BCUT2D eigenvalue weighted by Crippen LogP contribution is 2.28. The molecule has 0 fully saturated rings. The Balaban J connectivity index is 1.71. The average molecular weight is 415 g/mol. The van der Waals surface area contributed by atoms with E-state index in [1.807, 2.05) is 32.0 Å². The maximum Gasteiger partial charge on any atom is 0.344 e. The molecule has 3 aromatic rings. The average Bonchev–Trinajstić information content (AvgIpc) is 2.65. The van der Waals surface area contributed by atoms with Crippen molar-refractivity contribution >= 4 is 28.5 Å². The molecule has 0 atom stereocenters. The van der Waals surface area contributed by atoms with Crippen LogP contribution in [0.1, 0.15) is 42.0 Å². The van der Waals surface area contributed by atoms with Gasteiger partial charge in [0.1, 0.15) is 17.9 Å². The lowest BCUT2D eigenvalue weighted by atomic mass is 10.0. The highest BCUT2D eigenvalue weighted by Gasteiger charge is 2.13. The zero-order chi connectivity index (χ0) is 21.1. The zero-order valence-electron chi connectivity index (χ0n) is 16.9. The lowest BCUT2D eigenvalue weighted by molar-refractivity contribution is -0.147. The van der Waals surface area contributed by atoms with Crippen LogP contribution in [0.3, 0.4) is 0 Å². The highest BCUT2D eigenvalue weighted by atomic mass is 35.5. The van der Waals surface area contributed by atoms with Crippen molar-refractivity contribution in [2.24, 2.45) is 0 Å². The van der Waals surface area contributed by atoms with Crippen LogP contribution >= 0.6 is 11.6 Å². The molecule has 0 unspecified atom stereocenters. The summed E-state index contributed by atoms with van der Waals surface area (Å²) in [6.07, 6.45) is 0. The van der Waals surface area contributed by atoms with Gasteiger partial charge in [-0.05, 0) is 54.7 Å². The largest absolute Gasteiger partial charge is 0.482 e. The van der Waals surface area contributed by atoms with Crippen LogP contribution in [-0.2, 0) is 16.1 Å². The molecule has 6 heteroatoms. The smallest absolute Gasteiger partial charge is 0.344 e. The van der Waals surface area contributed by atoms with Crippen LogP contribution in [0.5, 0.6) is 5.75 Å². The van der Waals surface area contributed by atoms with Crippen molar-refractivity contribution in [3.8, 4) is 5.75 Å². The SMILES string of the molecule is Cc1ccc(C(C)C)c(OCC(=O)OCc2cc(=O)oc3cc(C)c(Cl)cc23)c1. The summed E-state index contributed by atoms with van der Waals surface area (Å²) in [5, 5.41) is 1.18. The van der Waals surface area contributed by atoms with Crippen molar-refractivity contribution in [3.63, 3.8) is 0 Å². The van der Waals surface area contributed by atoms with Crippen LogP contribution in [-0.4, -0.2) is 12.6 Å². The summed E-state index contributed by atoms with van der Waals surface area (Å²) in [6, 6.07) is 10.6. The molecule has 0 N–H and O–H groups in total. The van der Waals surface area contributed by atoms with E-state index in [1.165, 1.54) is 6.07 Å². The first-order valence-corrected chi connectivity index (χ1v) is 9.74. The van der Waals surface area contributed by atoms with Crippen LogP contribution in [0, 0.1) is 13.8 Å². The van der Waals surface area contributed by atoms with Crippen molar-refractivity contribution < 1.29 is 18.7 Å². The third-order valence-corrected chi connectivity index (χ3v) is 5.04. The fourth-order valence-electron chi connectivity index (χ4n) is 3.05. The molecule has 3 rings (SSSR count). The molecule has 5 nitrogen and oxygen atoms in total. The van der Waals surface area contributed by atoms with E-state index in [-0.39, 0.29) is 19.1 Å². The van der Waals surface area contributed by atoms with E-state index in [9.17, 15) is 9.59 Å². The summed E-state index contributed by atoms with van der Waals surface area (Å²) in [6.45, 7) is 7.62. The summed E-state index contributed by atoms with van der Waals surface area (Å²) in [7, 11) is 0. The second-order valence-corrected chi connectivity index (χ2v) is 7.74. The van der Waals surface area contributed by atoms with Gasteiger partial charge in [-0.2, -0.15) is 0 Å². The number of aryl methyl sites for hydroxylation is 2. The van der Waals surface area contributed by atoms with Crippen LogP contribution in [0.2, 0.25) is 5.02 Å². The standard InChI is InChI=1S/C23H23ClO5/c1-13(2)17-6-5-14(3)7-20(17)27-12-23(26)28-11-16-9-22(25)29-21-8-15(4)19(24)10-18(16)21/h5-10,13H,11-12H2,1-4H3. The first-order valence-electron chi connectivity index (χ1n) is 9.36. The molecule has 1 aromatic heterocycles. The number of carbonyl (C=O) groups excluding carboxylic acids is 1. The van der Waals surface area contributed by atoms with Crippen molar-refractivity contribution in [2.45, 2.75) is 40.2 Å². The lowest BCUT2D eigenvalue weighted by Gasteiger charge is -2.14. The predicted molar refractivity (Wildman–Crippen MR) is 113 cm³/mol. The van der Waals surface area contributed by atoms with E-state index >= 15 is 0 Å². The Morgan fingerprint density at radius 2 is 1.90 bits per heavy atom. The fourth-order valence-corrected chi connectivity index (χ4v) is 3.21. The maximum absolute atomic E-state index is 12.2. The third-order valence-electron chi connectivity index (χ3n) is 4.63. The molecular formula is C23H23ClO5. The minimum Gasteiger partial charge on any atom is -0.482 e. The first kappa shape index (κ1) is 20.9. The van der Waals surface area contributed by atoms with Crippen molar-refractivity contribution in [1.29, 1.82) is 0 Å². The lowest BCUT2D eigenvalue weighted by Crippen LogP contribution is -2.16. The minimum atomic E-state index is -0.527. The second-order valence-electron chi connectivity index (χ2n) is 7.33.